The molecule has 0 atom stereocenters. The molecule has 2 aromatic carbocycles. The smallest absolute Gasteiger partial charge is 0.231 e. The van der Waals surface area contributed by atoms with Crippen LogP contribution < -0.4 is 14.2 Å². The van der Waals surface area contributed by atoms with Crippen LogP contribution in [0.2, 0.25) is 0 Å². The van der Waals surface area contributed by atoms with Crippen LogP contribution in [-0.4, -0.2) is 56.3 Å². The second kappa shape index (κ2) is 8.14. The monoisotopic (exact) mass is 397 g/mol. The summed E-state index contributed by atoms with van der Waals surface area (Å²) in [7, 11) is 3.13. The maximum absolute atomic E-state index is 12.9. The van der Waals surface area contributed by atoms with Gasteiger partial charge in [-0.2, -0.15) is 0 Å². The van der Waals surface area contributed by atoms with Gasteiger partial charge >= 0.3 is 0 Å². The van der Waals surface area contributed by atoms with E-state index in [0.29, 0.717) is 48.1 Å². The standard InChI is InChI=1S/C22H23NO6/c1-26-18-6-3-14(11-19(18)27-2)12-20-21(25)15-4-5-17(24)16(22(15)29-20)13-23-7-9-28-10-8-23/h3-6,11-12,24H,7-10,13H2,1-2H3/b20-12-. The zero-order valence-corrected chi connectivity index (χ0v) is 16.4. The van der Waals surface area contributed by atoms with Crippen LogP contribution >= 0.6 is 0 Å². The Balaban J connectivity index is 1.64. The Kier molecular flexibility index (Phi) is 5.42. The molecule has 0 amide bonds. The Morgan fingerprint density at radius 3 is 2.59 bits per heavy atom. The summed E-state index contributed by atoms with van der Waals surface area (Å²) in [6.07, 6.45) is 1.67. The van der Waals surface area contributed by atoms with Gasteiger partial charge < -0.3 is 24.1 Å². The molecule has 1 saturated heterocycles. The normalized spacial score (nSPS) is 17.9. The number of fused-ring (bicyclic) bond motifs is 1. The van der Waals surface area contributed by atoms with Crippen molar-refractivity contribution in [1.82, 2.24) is 4.90 Å². The fourth-order valence-corrected chi connectivity index (χ4v) is 3.53. The maximum atomic E-state index is 12.9. The number of Topliss-reactive ketones (excluding diaryl/α,β-unsaturated/α-hetero) is 1. The minimum Gasteiger partial charge on any atom is -0.507 e. The van der Waals surface area contributed by atoms with E-state index in [9.17, 15) is 9.90 Å². The lowest BCUT2D eigenvalue weighted by Crippen LogP contribution is -2.35. The first-order valence-corrected chi connectivity index (χ1v) is 9.42. The Morgan fingerprint density at radius 2 is 1.86 bits per heavy atom. The molecule has 1 N–H and O–H groups in total. The number of phenolic OH excluding ortho intramolecular Hbond substituents is 1. The number of allylic oxidation sites excluding steroid dienone is 1. The summed E-state index contributed by atoms with van der Waals surface area (Å²) < 4.78 is 21.9. The van der Waals surface area contributed by atoms with E-state index in [2.05, 4.69) is 4.90 Å². The van der Waals surface area contributed by atoms with Gasteiger partial charge in [0.15, 0.2) is 17.3 Å². The van der Waals surface area contributed by atoms with E-state index >= 15 is 0 Å². The molecule has 0 unspecified atom stereocenters. The van der Waals surface area contributed by atoms with Gasteiger partial charge in [0.2, 0.25) is 5.78 Å². The number of hydrogen-bond acceptors (Lipinski definition) is 7. The highest BCUT2D eigenvalue weighted by Gasteiger charge is 2.32. The summed E-state index contributed by atoms with van der Waals surface area (Å²) in [6, 6.07) is 8.52. The van der Waals surface area contributed by atoms with Crippen LogP contribution in [0, 0.1) is 0 Å². The number of aromatic hydroxyl groups is 1. The molecule has 7 heteroatoms. The van der Waals surface area contributed by atoms with Crippen LogP contribution in [0.15, 0.2) is 36.1 Å². The minimum atomic E-state index is -0.210. The molecule has 2 aliphatic heterocycles. The highest BCUT2D eigenvalue weighted by Crippen LogP contribution is 2.40. The number of ether oxygens (including phenoxy) is 4. The number of methoxy groups -OCH3 is 2. The van der Waals surface area contributed by atoms with Crippen molar-refractivity contribution in [2.45, 2.75) is 6.54 Å². The van der Waals surface area contributed by atoms with Crippen molar-refractivity contribution in [3.8, 4) is 23.0 Å². The lowest BCUT2D eigenvalue weighted by molar-refractivity contribution is 0.0336. The molecule has 1 fully saturated rings. The highest BCUT2D eigenvalue weighted by molar-refractivity contribution is 6.15. The second-order valence-electron chi connectivity index (χ2n) is 6.88. The fourth-order valence-electron chi connectivity index (χ4n) is 3.53. The first-order chi connectivity index (χ1) is 14.1. The summed E-state index contributed by atoms with van der Waals surface area (Å²) in [5.41, 5.74) is 1.82. The quantitative estimate of drug-likeness (QED) is 0.778. The number of morpholine rings is 1. The van der Waals surface area contributed by atoms with E-state index in [1.165, 1.54) is 0 Å². The molecular weight excluding hydrogens is 374 g/mol. The molecule has 4 rings (SSSR count). The van der Waals surface area contributed by atoms with Crippen molar-refractivity contribution in [3.63, 3.8) is 0 Å². The number of ketones is 1. The van der Waals surface area contributed by atoms with Crippen molar-refractivity contribution >= 4 is 11.9 Å². The Labute approximate surface area is 169 Å². The van der Waals surface area contributed by atoms with Gasteiger partial charge in [0.1, 0.15) is 11.5 Å². The van der Waals surface area contributed by atoms with Gasteiger partial charge in [-0.1, -0.05) is 6.07 Å². The van der Waals surface area contributed by atoms with Crippen LogP contribution in [0.4, 0.5) is 0 Å². The molecule has 2 aromatic rings. The molecule has 0 aromatic heterocycles. The molecule has 0 bridgehead atoms. The third-order valence-electron chi connectivity index (χ3n) is 5.11. The van der Waals surface area contributed by atoms with Gasteiger partial charge in [-0.25, -0.2) is 0 Å². The van der Waals surface area contributed by atoms with Crippen LogP contribution in [-0.2, 0) is 11.3 Å². The number of benzene rings is 2. The summed E-state index contributed by atoms with van der Waals surface area (Å²) in [4.78, 5) is 15.0. The largest absolute Gasteiger partial charge is 0.507 e. The van der Waals surface area contributed by atoms with Gasteiger partial charge in [0, 0.05) is 19.6 Å². The predicted molar refractivity (Wildman–Crippen MR) is 107 cm³/mol. The van der Waals surface area contributed by atoms with Gasteiger partial charge in [0.05, 0.1) is 38.6 Å². The molecule has 152 valence electrons. The van der Waals surface area contributed by atoms with E-state index in [0.717, 1.165) is 18.7 Å². The predicted octanol–water partition coefficient (Wildman–Crippen LogP) is 2.86. The number of carbonyl (C=O) groups excluding carboxylic acids is 1. The third kappa shape index (κ3) is 3.79. The molecule has 0 spiro atoms. The Bertz CT molecular complexity index is 962. The highest BCUT2D eigenvalue weighted by atomic mass is 16.5. The molecule has 0 radical (unpaired) electrons. The van der Waals surface area contributed by atoms with Gasteiger partial charge in [-0.05, 0) is 35.9 Å². The van der Waals surface area contributed by atoms with Crippen LogP contribution in [0.25, 0.3) is 6.08 Å². The number of phenols is 1. The van der Waals surface area contributed by atoms with Crippen LogP contribution in [0.5, 0.6) is 23.0 Å². The number of nitrogens with zero attached hydrogens (tertiary/aromatic N) is 1. The first kappa shape index (κ1) is 19.3. The summed E-state index contributed by atoms with van der Waals surface area (Å²) in [6.45, 7) is 3.34. The lowest BCUT2D eigenvalue weighted by atomic mass is 10.0. The molecule has 29 heavy (non-hydrogen) atoms. The van der Waals surface area contributed by atoms with E-state index < -0.39 is 0 Å². The van der Waals surface area contributed by atoms with Crippen molar-refractivity contribution in [2.75, 3.05) is 40.5 Å². The van der Waals surface area contributed by atoms with E-state index in [-0.39, 0.29) is 17.3 Å². The van der Waals surface area contributed by atoms with E-state index in [4.69, 9.17) is 18.9 Å². The van der Waals surface area contributed by atoms with Gasteiger partial charge in [0.25, 0.3) is 0 Å². The third-order valence-corrected chi connectivity index (χ3v) is 5.11. The number of hydrogen-bond donors (Lipinski definition) is 1. The molecular formula is C22H23NO6. The van der Waals surface area contributed by atoms with Crippen LogP contribution in [0.3, 0.4) is 0 Å². The zero-order valence-electron chi connectivity index (χ0n) is 16.4. The SMILES string of the molecule is COc1ccc(/C=C2\Oc3c(ccc(O)c3CN3CCOCC3)C2=O)cc1OC. The Morgan fingerprint density at radius 1 is 1.10 bits per heavy atom. The average molecular weight is 397 g/mol. The van der Waals surface area contributed by atoms with Crippen molar-refractivity contribution in [2.24, 2.45) is 0 Å². The van der Waals surface area contributed by atoms with E-state index in [1.54, 1.807) is 44.6 Å². The van der Waals surface area contributed by atoms with Crippen molar-refractivity contribution in [3.05, 3.63) is 52.8 Å². The molecule has 0 saturated carbocycles. The molecule has 0 aliphatic carbocycles. The number of rotatable bonds is 5. The van der Waals surface area contributed by atoms with Crippen molar-refractivity contribution in [1.29, 1.82) is 0 Å². The molecule has 7 nitrogen and oxygen atoms in total. The maximum Gasteiger partial charge on any atom is 0.231 e. The average Bonchev–Trinajstić information content (AvgIpc) is 3.06. The Hall–Kier alpha value is -3.03. The zero-order chi connectivity index (χ0) is 20.4. The fraction of sp³-hybridized carbons (Fsp3) is 0.318. The summed E-state index contributed by atoms with van der Waals surface area (Å²) in [5.74, 6) is 1.72. The van der Waals surface area contributed by atoms with Gasteiger partial charge in [-0.3, -0.25) is 9.69 Å². The minimum absolute atomic E-state index is 0.121. The second-order valence-corrected chi connectivity index (χ2v) is 6.88. The molecule has 2 heterocycles. The molecule has 2 aliphatic rings. The van der Waals surface area contributed by atoms with Gasteiger partial charge in [-0.15, -0.1) is 0 Å². The lowest BCUT2D eigenvalue weighted by Gasteiger charge is -2.27. The van der Waals surface area contributed by atoms with Crippen LogP contribution in [0.1, 0.15) is 21.5 Å². The topological polar surface area (TPSA) is 77.5 Å². The summed E-state index contributed by atoms with van der Waals surface area (Å²) in [5, 5.41) is 10.4. The number of carbonyl (C=O) groups is 1. The summed E-state index contributed by atoms with van der Waals surface area (Å²) >= 11 is 0. The first-order valence-electron chi connectivity index (χ1n) is 9.42. The van der Waals surface area contributed by atoms with Crippen molar-refractivity contribution < 1.29 is 28.8 Å². The van der Waals surface area contributed by atoms with E-state index in [1.807, 2.05) is 6.07 Å².